The van der Waals surface area contributed by atoms with Crippen LogP contribution in [0.15, 0.2) is 30.5 Å². The van der Waals surface area contributed by atoms with Crippen molar-refractivity contribution >= 4 is 16.8 Å². The SMILES string of the molecule is CN(C)CCc1cn(C(=O)[C@@H](O)CCCCO)c2ccccc12. The standard InChI is InChI=1S/C18H26N2O3/c1-19(2)11-10-14-13-20(16-8-4-3-7-15(14)16)18(23)17(22)9-5-6-12-21/h3-4,7-8,13,17,21-22H,5-6,9-12H2,1-2H3/t17-/m0/s1. The Bertz CT molecular complexity index is 649. The first-order chi connectivity index (χ1) is 11.0. The molecule has 0 unspecified atom stereocenters. The number of hydrogen-bond acceptors (Lipinski definition) is 4. The second kappa shape index (κ2) is 8.24. The summed E-state index contributed by atoms with van der Waals surface area (Å²) in [6, 6.07) is 7.79. The van der Waals surface area contributed by atoms with Crippen LogP contribution in [0.4, 0.5) is 0 Å². The molecule has 0 saturated heterocycles. The van der Waals surface area contributed by atoms with Crippen LogP contribution in [0, 0.1) is 0 Å². The molecule has 1 heterocycles. The number of unbranched alkanes of at least 4 members (excludes halogenated alkanes) is 1. The lowest BCUT2D eigenvalue weighted by Gasteiger charge is -2.11. The van der Waals surface area contributed by atoms with E-state index in [2.05, 4.69) is 4.90 Å². The molecule has 0 amide bonds. The highest BCUT2D eigenvalue weighted by Crippen LogP contribution is 2.23. The van der Waals surface area contributed by atoms with Crippen molar-refractivity contribution in [3.63, 3.8) is 0 Å². The number of likely N-dealkylation sites (N-methyl/N-ethyl adjacent to an activating group) is 1. The van der Waals surface area contributed by atoms with Crippen LogP contribution in [0.25, 0.3) is 10.9 Å². The zero-order chi connectivity index (χ0) is 16.8. The maximum atomic E-state index is 12.5. The van der Waals surface area contributed by atoms with E-state index in [0.717, 1.165) is 29.4 Å². The minimum atomic E-state index is -1.03. The van der Waals surface area contributed by atoms with Crippen molar-refractivity contribution in [2.24, 2.45) is 0 Å². The molecule has 0 radical (unpaired) electrons. The first-order valence-corrected chi connectivity index (χ1v) is 8.11. The Hall–Kier alpha value is -1.69. The summed E-state index contributed by atoms with van der Waals surface area (Å²) in [6.07, 6.45) is 3.29. The van der Waals surface area contributed by atoms with Crippen LogP contribution in [0.3, 0.4) is 0 Å². The van der Waals surface area contributed by atoms with Crippen molar-refractivity contribution in [2.45, 2.75) is 31.8 Å². The molecule has 126 valence electrons. The van der Waals surface area contributed by atoms with Crippen LogP contribution in [0.2, 0.25) is 0 Å². The van der Waals surface area contributed by atoms with Crippen molar-refractivity contribution < 1.29 is 15.0 Å². The largest absolute Gasteiger partial charge is 0.396 e. The minimum Gasteiger partial charge on any atom is -0.396 e. The molecular weight excluding hydrogens is 292 g/mol. The quantitative estimate of drug-likeness (QED) is 0.730. The van der Waals surface area contributed by atoms with E-state index in [9.17, 15) is 9.90 Å². The Balaban J connectivity index is 2.24. The first kappa shape index (κ1) is 17.7. The molecule has 2 aromatic rings. The minimum absolute atomic E-state index is 0.0854. The van der Waals surface area contributed by atoms with Gasteiger partial charge in [-0.2, -0.15) is 0 Å². The molecule has 23 heavy (non-hydrogen) atoms. The highest BCUT2D eigenvalue weighted by atomic mass is 16.3. The van der Waals surface area contributed by atoms with E-state index in [1.165, 1.54) is 0 Å². The van der Waals surface area contributed by atoms with Gasteiger partial charge in [-0.05, 0) is 51.4 Å². The number of carbonyl (C=O) groups excluding carboxylic acids is 1. The third-order valence-corrected chi connectivity index (χ3v) is 4.03. The highest BCUT2D eigenvalue weighted by Gasteiger charge is 2.20. The lowest BCUT2D eigenvalue weighted by molar-refractivity contribution is 0.0635. The number of aliphatic hydroxyl groups is 2. The highest BCUT2D eigenvalue weighted by molar-refractivity contribution is 5.96. The van der Waals surface area contributed by atoms with E-state index in [1.54, 1.807) is 4.57 Å². The summed E-state index contributed by atoms with van der Waals surface area (Å²) in [4.78, 5) is 14.7. The molecule has 0 aliphatic rings. The van der Waals surface area contributed by atoms with Gasteiger partial charge in [-0.3, -0.25) is 9.36 Å². The number of aromatic nitrogens is 1. The van der Waals surface area contributed by atoms with Crippen LogP contribution in [-0.2, 0) is 6.42 Å². The van der Waals surface area contributed by atoms with Gasteiger partial charge in [0, 0.05) is 24.7 Å². The summed E-state index contributed by atoms with van der Waals surface area (Å²) >= 11 is 0. The van der Waals surface area contributed by atoms with Gasteiger partial charge >= 0.3 is 0 Å². The number of carbonyl (C=O) groups is 1. The summed E-state index contributed by atoms with van der Waals surface area (Å²) in [6.45, 7) is 0.989. The van der Waals surface area contributed by atoms with Gasteiger partial charge in [-0.15, -0.1) is 0 Å². The van der Waals surface area contributed by atoms with Crippen LogP contribution in [0.5, 0.6) is 0 Å². The van der Waals surface area contributed by atoms with Gasteiger partial charge in [0.2, 0.25) is 0 Å². The third-order valence-electron chi connectivity index (χ3n) is 4.03. The Kier molecular flexibility index (Phi) is 6.33. The summed E-state index contributed by atoms with van der Waals surface area (Å²) in [7, 11) is 4.05. The molecule has 0 fully saturated rings. The van der Waals surface area contributed by atoms with E-state index in [0.29, 0.717) is 19.3 Å². The fourth-order valence-electron chi connectivity index (χ4n) is 2.71. The van der Waals surface area contributed by atoms with Crippen LogP contribution in [0.1, 0.15) is 29.6 Å². The predicted octanol–water partition coefficient (Wildman–Crippen LogP) is 1.91. The van der Waals surface area contributed by atoms with Gasteiger partial charge in [-0.25, -0.2) is 0 Å². The molecule has 0 aliphatic heterocycles. The number of aliphatic hydroxyl groups excluding tert-OH is 2. The Morgan fingerprint density at radius 1 is 1.26 bits per heavy atom. The molecule has 5 nitrogen and oxygen atoms in total. The lowest BCUT2D eigenvalue weighted by atomic mass is 10.1. The normalized spacial score (nSPS) is 12.9. The zero-order valence-electron chi connectivity index (χ0n) is 13.9. The maximum Gasteiger partial charge on any atom is 0.259 e. The number of rotatable bonds is 8. The van der Waals surface area contributed by atoms with Crippen molar-refractivity contribution in [3.8, 4) is 0 Å². The molecular formula is C18H26N2O3. The summed E-state index contributed by atoms with van der Waals surface area (Å²) in [5.74, 6) is -0.296. The van der Waals surface area contributed by atoms with Crippen LogP contribution >= 0.6 is 0 Å². The molecule has 0 aliphatic carbocycles. The molecule has 0 spiro atoms. The monoisotopic (exact) mass is 318 g/mol. The fourth-order valence-corrected chi connectivity index (χ4v) is 2.71. The van der Waals surface area contributed by atoms with Crippen molar-refractivity contribution in [2.75, 3.05) is 27.2 Å². The van der Waals surface area contributed by atoms with E-state index in [4.69, 9.17) is 5.11 Å². The van der Waals surface area contributed by atoms with Crippen molar-refractivity contribution in [1.29, 1.82) is 0 Å². The van der Waals surface area contributed by atoms with Crippen molar-refractivity contribution in [1.82, 2.24) is 9.47 Å². The topological polar surface area (TPSA) is 65.7 Å². The fraction of sp³-hybridized carbons (Fsp3) is 0.500. The smallest absolute Gasteiger partial charge is 0.259 e. The molecule has 1 atom stereocenters. The second-order valence-corrected chi connectivity index (χ2v) is 6.17. The molecule has 1 aromatic heterocycles. The zero-order valence-corrected chi connectivity index (χ0v) is 13.9. The van der Waals surface area contributed by atoms with Gasteiger partial charge < -0.3 is 15.1 Å². The Labute approximate surface area is 137 Å². The number of benzene rings is 1. The molecule has 5 heteroatoms. The molecule has 0 bridgehead atoms. The van der Waals surface area contributed by atoms with Crippen LogP contribution < -0.4 is 0 Å². The maximum absolute atomic E-state index is 12.5. The first-order valence-electron chi connectivity index (χ1n) is 8.11. The predicted molar refractivity (Wildman–Crippen MR) is 91.8 cm³/mol. The van der Waals surface area contributed by atoms with Crippen molar-refractivity contribution in [3.05, 3.63) is 36.0 Å². The number of para-hydroxylation sites is 1. The Morgan fingerprint density at radius 3 is 2.70 bits per heavy atom. The van der Waals surface area contributed by atoms with Gasteiger partial charge in [-0.1, -0.05) is 18.2 Å². The average molecular weight is 318 g/mol. The van der Waals surface area contributed by atoms with E-state index in [-0.39, 0.29) is 12.5 Å². The summed E-state index contributed by atoms with van der Waals surface area (Å²) in [5.41, 5.74) is 1.96. The number of hydrogen-bond donors (Lipinski definition) is 2. The number of nitrogens with zero attached hydrogens (tertiary/aromatic N) is 2. The molecule has 2 N–H and O–H groups in total. The molecule has 2 rings (SSSR count). The summed E-state index contributed by atoms with van der Waals surface area (Å²) in [5, 5.41) is 20.0. The Morgan fingerprint density at radius 2 is 2.00 bits per heavy atom. The van der Waals surface area contributed by atoms with E-state index >= 15 is 0 Å². The van der Waals surface area contributed by atoms with Gasteiger partial charge in [0.1, 0.15) is 6.10 Å². The lowest BCUT2D eigenvalue weighted by Crippen LogP contribution is -2.26. The summed E-state index contributed by atoms with van der Waals surface area (Å²) < 4.78 is 1.57. The van der Waals surface area contributed by atoms with Gasteiger partial charge in [0.05, 0.1) is 5.52 Å². The third kappa shape index (κ3) is 4.41. The average Bonchev–Trinajstić information content (AvgIpc) is 2.91. The van der Waals surface area contributed by atoms with E-state index < -0.39 is 6.10 Å². The number of fused-ring (bicyclic) bond motifs is 1. The molecule has 1 aromatic carbocycles. The van der Waals surface area contributed by atoms with Crippen LogP contribution in [-0.4, -0.2) is 58.9 Å². The van der Waals surface area contributed by atoms with Gasteiger partial charge in [0.15, 0.2) is 0 Å². The molecule has 0 saturated carbocycles. The van der Waals surface area contributed by atoms with E-state index in [1.807, 2.05) is 44.6 Å². The van der Waals surface area contributed by atoms with Gasteiger partial charge in [0.25, 0.3) is 5.91 Å². The second-order valence-electron chi connectivity index (χ2n) is 6.17.